The molecule has 0 saturated carbocycles. The molecule has 0 atom stereocenters. The number of aromatic nitrogens is 2. The maximum absolute atomic E-state index is 12.9. The third-order valence-corrected chi connectivity index (χ3v) is 2.21. The van der Waals surface area contributed by atoms with Crippen molar-refractivity contribution >= 4 is 5.69 Å². The minimum Gasteiger partial charge on any atom is -0.310 e. The van der Waals surface area contributed by atoms with Crippen LogP contribution in [0.5, 0.6) is 0 Å². The summed E-state index contributed by atoms with van der Waals surface area (Å²) < 4.78 is 25.9. The van der Waals surface area contributed by atoms with Crippen molar-refractivity contribution in [1.82, 2.24) is 9.97 Å². The molecule has 3 nitrogen and oxygen atoms in total. The average Bonchev–Trinajstić information content (AvgIpc) is 2.07. The number of nitrogens with zero attached hydrogens (tertiary/aromatic N) is 3. The van der Waals surface area contributed by atoms with E-state index in [9.17, 15) is 8.78 Å². The highest BCUT2D eigenvalue weighted by Gasteiger charge is 2.46. The highest BCUT2D eigenvalue weighted by Crippen LogP contribution is 2.38. The molecule has 13 heavy (non-hydrogen) atoms. The Kier molecular flexibility index (Phi) is 1.68. The Balaban J connectivity index is 2.32. The van der Waals surface area contributed by atoms with Crippen molar-refractivity contribution in [3.8, 4) is 0 Å². The molecule has 1 aromatic heterocycles. The Labute approximate surface area is 74.4 Å². The Hall–Kier alpha value is -1.26. The molecule has 0 bridgehead atoms. The first-order valence-corrected chi connectivity index (χ1v) is 4.03. The van der Waals surface area contributed by atoms with Gasteiger partial charge in [0.15, 0.2) is 0 Å². The predicted molar refractivity (Wildman–Crippen MR) is 43.7 cm³/mol. The van der Waals surface area contributed by atoms with Gasteiger partial charge in [0.1, 0.15) is 6.33 Å². The molecule has 1 aromatic rings. The lowest BCUT2D eigenvalue weighted by molar-refractivity contribution is -0.0549. The van der Waals surface area contributed by atoms with Crippen molar-refractivity contribution in [1.29, 1.82) is 0 Å². The second-order valence-corrected chi connectivity index (χ2v) is 3.06. The summed E-state index contributed by atoms with van der Waals surface area (Å²) in [6, 6.07) is -2.71. The summed E-state index contributed by atoms with van der Waals surface area (Å²) in [5.74, 6) is 0. The van der Waals surface area contributed by atoms with E-state index in [2.05, 4.69) is 9.97 Å². The van der Waals surface area contributed by atoms with Crippen molar-refractivity contribution in [3.63, 3.8) is 0 Å². The Bertz CT molecular complexity index is 327. The molecule has 2 rings (SSSR count). The summed E-state index contributed by atoms with van der Waals surface area (Å²) >= 11 is 0. The minimum atomic E-state index is -2.71. The Morgan fingerprint density at radius 1 is 1.54 bits per heavy atom. The third-order valence-electron chi connectivity index (χ3n) is 2.21. The highest BCUT2D eigenvalue weighted by atomic mass is 19.3. The fourth-order valence-electron chi connectivity index (χ4n) is 1.34. The zero-order chi connectivity index (χ0) is 9.47. The predicted octanol–water partition coefficient (Wildman–Crippen LogP) is 1.59. The van der Waals surface area contributed by atoms with Crippen LogP contribution < -0.4 is 4.90 Å². The topological polar surface area (TPSA) is 29.0 Å². The van der Waals surface area contributed by atoms with Gasteiger partial charge in [-0.2, -0.15) is 8.78 Å². The van der Waals surface area contributed by atoms with Crippen LogP contribution in [-0.4, -0.2) is 22.6 Å². The monoisotopic (exact) mass is 185 g/mol. The average molecular weight is 185 g/mol. The number of hydrogen-bond donors (Lipinski definition) is 0. The molecule has 0 N–H and O–H groups in total. The van der Waals surface area contributed by atoms with Crippen LogP contribution in [0.15, 0.2) is 12.5 Å². The Morgan fingerprint density at radius 3 is 2.77 bits per heavy atom. The number of halogens is 2. The van der Waals surface area contributed by atoms with Crippen LogP contribution in [0.1, 0.15) is 12.1 Å². The van der Waals surface area contributed by atoms with Crippen molar-refractivity contribution < 1.29 is 8.78 Å². The molecule has 0 aliphatic carbocycles. The lowest BCUT2D eigenvalue weighted by atomic mass is 10.1. The number of aryl methyl sites for hydroxylation is 1. The maximum atomic E-state index is 12.9. The summed E-state index contributed by atoms with van der Waals surface area (Å²) in [7, 11) is 0. The van der Waals surface area contributed by atoms with E-state index in [0.717, 1.165) is 4.90 Å². The normalized spacial score (nSPS) is 19.8. The number of alkyl halides is 2. The van der Waals surface area contributed by atoms with Crippen LogP contribution in [0.3, 0.4) is 0 Å². The van der Waals surface area contributed by atoms with E-state index < -0.39 is 6.05 Å². The number of anilines is 1. The second kappa shape index (κ2) is 2.61. The van der Waals surface area contributed by atoms with Gasteiger partial charge < -0.3 is 4.90 Å². The van der Waals surface area contributed by atoms with Crippen LogP contribution in [0, 0.1) is 6.92 Å². The quantitative estimate of drug-likeness (QED) is 0.622. The largest absolute Gasteiger partial charge is 0.327 e. The van der Waals surface area contributed by atoms with Gasteiger partial charge in [-0.3, -0.25) is 0 Å². The summed E-state index contributed by atoms with van der Waals surface area (Å²) in [5, 5.41) is 0. The molecule has 1 aliphatic rings. The first kappa shape index (κ1) is 8.34. The first-order chi connectivity index (χ1) is 6.11. The van der Waals surface area contributed by atoms with E-state index in [1.807, 2.05) is 0 Å². The van der Waals surface area contributed by atoms with Gasteiger partial charge >= 0.3 is 6.05 Å². The van der Waals surface area contributed by atoms with Crippen LogP contribution in [0.2, 0.25) is 0 Å². The molecule has 0 radical (unpaired) electrons. The summed E-state index contributed by atoms with van der Waals surface area (Å²) in [4.78, 5) is 8.62. The third kappa shape index (κ3) is 1.24. The lowest BCUT2D eigenvalue weighted by Gasteiger charge is -2.42. The van der Waals surface area contributed by atoms with E-state index in [1.54, 1.807) is 6.92 Å². The highest BCUT2D eigenvalue weighted by molar-refractivity contribution is 5.51. The fourth-order valence-corrected chi connectivity index (χ4v) is 1.34. The van der Waals surface area contributed by atoms with Crippen LogP contribution in [-0.2, 0) is 0 Å². The molecule has 70 valence electrons. The molecule has 2 heterocycles. The van der Waals surface area contributed by atoms with E-state index in [4.69, 9.17) is 0 Å². The molecular formula is C8H9F2N3. The van der Waals surface area contributed by atoms with Crippen molar-refractivity contribution in [3.05, 3.63) is 18.2 Å². The Morgan fingerprint density at radius 2 is 2.31 bits per heavy atom. The van der Waals surface area contributed by atoms with Gasteiger partial charge in [0, 0.05) is 13.0 Å². The number of hydrogen-bond acceptors (Lipinski definition) is 3. The van der Waals surface area contributed by atoms with E-state index >= 15 is 0 Å². The van der Waals surface area contributed by atoms with Crippen molar-refractivity contribution in [2.75, 3.05) is 11.4 Å². The van der Waals surface area contributed by atoms with E-state index in [-0.39, 0.29) is 6.42 Å². The van der Waals surface area contributed by atoms with Gasteiger partial charge in [-0.1, -0.05) is 0 Å². The maximum Gasteiger partial charge on any atom is 0.327 e. The standard InChI is InChI=1S/C8H9F2N3/c1-6-7(4-11-5-12-6)13-3-2-8(13,9)10/h4-5H,2-3H2,1H3. The molecule has 5 heteroatoms. The van der Waals surface area contributed by atoms with Crippen LogP contribution in [0.25, 0.3) is 0 Å². The van der Waals surface area contributed by atoms with Gasteiger partial charge in [-0.15, -0.1) is 0 Å². The smallest absolute Gasteiger partial charge is 0.310 e. The summed E-state index contributed by atoms with van der Waals surface area (Å²) in [6.07, 6.45) is 2.70. The molecule has 1 fully saturated rings. The first-order valence-electron chi connectivity index (χ1n) is 4.03. The summed E-state index contributed by atoms with van der Waals surface area (Å²) in [5.41, 5.74) is 1.02. The molecule has 1 saturated heterocycles. The van der Waals surface area contributed by atoms with Crippen molar-refractivity contribution in [2.24, 2.45) is 0 Å². The lowest BCUT2D eigenvalue weighted by Crippen LogP contribution is -2.54. The van der Waals surface area contributed by atoms with Crippen LogP contribution in [0.4, 0.5) is 14.5 Å². The summed E-state index contributed by atoms with van der Waals surface area (Å²) in [6.45, 7) is 2.08. The SMILES string of the molecule is Cc1ncncc1N1CCC1(F)F. The number of rotatable bonds is 1. The molecule has 0 amide bonds. The zero-order valence-corrected chi connectivity index (χ0v) is 7.17. The van der Waals surface area contributed by atoms with Gasteiger partial charge in [-0.25, -0.2) is 9.97 Å². The molecule has 0 aromatic carbocycles. The second-order valence-electron chi connectivity index (χ2n) is 3.06. The van der Waals surface area contributed by atoms with Gasteiger partial charge in [0.2, 0.25) is 0 Å². The van der Waals surface area contributed by atoms with E-state index in [1.165, 1.54) is 12.5 Å². The van der Waals surface area contributed by atoms with Crippen molar-refractivity contribution in [2.45, 2.75) is 19.4 Å². The zero-order valence-electron chi connectivity index (χ0n) is 7.17. The van der Waals surface area contributed by atoms with Gasteiger partial charge in [0.25, 0.3) is 0 Å². The molecular weight excluding hydrogens is 176 g/mol. The van der Waals surface area contributed by atoms with E-state index in [0.29, 0.717) is 17.9 Å². The van der Waals surface area contributed by atoms with Gasteiger partial charge in [-0.05, 0) is 6.92 Å². The fraction of sp³-hybridized carbons (Fsp3) is 0.500. The molecule has 0 unspecified atom stereocenters. The van der Waals surface area contributed by atoms with Crippen LogP contribution >= 0.6 is 0 Å². The molecule has 0 spiro atoms. The van der Waals surface area contributed by atoms with Gasteiger partial charge in [0.05, 0.1) is 17.6 Å². The molecule has 1 aliphatic heterocycles. The minimum absolute atomic E-state index is 0.0820.